The minimum absolute atomic E-state index is 0.189. The fourth-order valence-corrected chi connectivity index (χ4v) is 6.33. The normalized spacial score (nSPS) is 27.2. The number of benzene rings is 2. The van der Waals surface area contributed by atoms with E-state index < -0.39 is 10.1 Å². The van der Waals surface area contributed by atoms with Gasteiger partial charge in [-0.3, -0.25) is 4.18 Å². The second kappa shape index (κ2) is 8.19. The molecule has 1 unspecified atom stereocenters. The molecule has 0 bridgehead atoms. The predicted octanol–water partition coefficient (Wildman–Crippen LogP) is 4.25. The zero-order valence-electron chi connectivity index (χ0n) is 18.3. The number of carbonyl (C=O) groups excluding carboxylic acids is 1. The largest absolute Gasteiger partial charge is 0.447 e. The highest BCUT2D eigenvalue weighted by Gasteiger charge is 2.46. The monoisotopic (exact) mass is 455 g/mol. The van der Waals surface area contributed by atoms with Gasteiger partial charge in [0.15, 0.2) is 0 Å². The number of fused-ring (bicyclic) bond motifs is 1. The van der Waals surface area contributed by atoms with Gasteiger partial charge in [-0.05, 0) is 86.1 Å². The van der Waals surface area contributed by atoms with E-state index in [1.54, 1.807) is 24.3 Å². The maximum absolute atomic E-state index is 12.5. The molecule has 1 amide bonds. The minimum Gasteiger partial charge on any atom is -0.447 e. The topological polar surface area (TPSA) is 81.7 Å². The van der Waals surface area contributed by atoms with Crippen molar-refractivity contribution in [3.05, 3.63) is 64.7 Å². The molecular weight excluding hydrogens is 426 g/mol. The molecule has 1 saturated carbocycles. The number of carbonyl (C=O) groups is 1. The zero-order valence-corrected chi connectivity index (χ0v) is 19.1. The Kier molecular flexibility index (Phi) is 5.50. The van der Waals surface area contributed by atoms with Crippen LogP contribution in [0, 0.1) is 12.8 Å². The molecule has 1 aliphatic heterocycles. The average molecular weight is 456 g/mol. The van der Waals surface area contributed by atoms with Crippen LogP contribution >= 0.6 is 0 Å². The Morgan fingerprint density at radius 1 is 1.12 bits per heavy atom. The molecule has 1 N–H and O–H groups in total. The van der Waals surface area contributed by atoms with E-state index in [1.165, 1.54) is 16.7 Å². The van der Waals surface area contributed by atoms with Gasteiger partial charge in [0.05, 0.1) is 17.0 Å². The summed E-state index contributed by atoms with van der Waals surface area (Å²) in [6, 6.07) is 13.5. The highest BCUT2D eigenvalue weighted by atomic mass is 32.2. The lowest BCUT2D eigenvalue weighted by Gasteiger charge is -2.26. The van der Waals surface area contributed by atoms with Crippen LogP contribution in [0.3, 0.4) is 0 Å². The number of hydrogen-bond donors (Lipinski definition) is 1. The Morgan fingerprint density at radius 2 is 1.94 bits per heavy atom. The molecule has 32 heavy (non-hydrogen) atoms. The third kappa shape index (κ3) is 4.28. The third-order valence-corrected chi connectivity index (χ3v) is 8.55. The predicted molar refractivity (Wildman–Crippen MR) is 120 cm³/mol. The molecule has 7 heteroatoms. The van der Waals surface area contributed by atoms with Gasteiger partial charge in [0.25, 0.3) is 10.1 Å². The van der Waals surface area contributed by atoms with Crippen molar-refractivity contribution in [3.8, 4) is 0 Å². The summed E-state index contributed by atoms with van der Waals surface area (Å²) in [6.07, 6.45) is 5.31. The fraction of sp³-hybridized carbons (Fsp3) is 0.480. The van der Waals surface area contributed by atoms with Crippen LogP contribution in [0.1, 0.15) is 53.9 Å². The van der Waals surface area contributed by atoms with Gasteiger partial charge >= 0.3 is 6.09 Å². The van der Waals surface area contributed by atoms with Crippen molar-refractivity contribution >= 4 is 16.2 Å². The summed E-state index contributed by atoms with van der Waals surface area (Å²) in [4.78, 5) is 11.7. The number of rotatable bonds is 5. The van der Waals surface area contributed by atoms with Gasteiger partial charge in [0.1, 0.15) is 6.61 Å². The van der Waals surface area contributed by atoms with Gasteiger partial charge in [-0.25, -0.2) is 4.79 Å². The zero-order chi connectivity index (χ0) is 22.3. The number of hydrogen-bond acceptors (Lipinski definition) is 5. The van der Waals surface area contributed by atoms with Crippen LogP contribution in [-0.2, 0) is 31.9 Å². The molecule has 1 heterocycles. The number of amides is 1. The molecule has 170 valence electrons. The molecule has 2 fully saturated rings. The van der Waals surface area contributed by atoms with Crippen LogP contribution in [-0.4, -0.2) is 33.3 Å². The van der Waals surface area contributed by atoms with Crippen molar-refractivity contribution in [2.24, 2.45) is 5.92 Å². The lowest BCUT2D eigenvalue weighted by atomic mass is 9.82. The van der Waals surface area contributed by atoms with Gasteiger partial charge in [0, 0.05) is 0 Å². The summed E-state index contributed by atoms with van der Waals surface area (Å²) >= 11 is 0. The molecule has 2 aromatic carbocycles. The van der Waals surface area contributed by atoms with Gasteiger partial charge in [-0.1, -0.05) is 35.9 Å². The summed E-state index contributed by atoms with van der Waals surface area (Å²) in [5, 5.41) is 3.01. The first kappa shape index (κ1) is 21.5. The van der Waals surface area contributed by atoms with Crippen molar-refractivity contribution in [3.63, 3.8) is 0 Å². The molecule has 6 nitrogen and oxygen atoms in total. The summed E-state index contributed by atoms with van der Waals surface area (Å²) < 4.78 is 35.5. The fourth-order valence-electron chi connectivity index (χ4n) is 5.35. The van der Waals surface area contributed by atoms with Crippen LogP contribution in [0.25, 0.3) is 0 Å². The van der Waals surface area contributed by atoms with Crippen molar-refractivity contribution in [2.45, 2.75) is 61.8 Å². The van der Waals surface area contributed by atoms with E-state index in [0.717, 1.165) is 44.1 Å². The number of aryl methyl sites for hydroxylation is 2. The standard InChI is InChI=1S/C25H29NO5S/c1-17-2-8-23(9-3-17)32(28,29)31-15-18-4-5-20-13-21(7-6-19(20)12-18)22-10-11-25(14-22)16-30-24(27)26-25/h2-3,6-9,13,18,22H,4-5,10-12,14-16H2,1H3,(H,26,27)/t18-,22+,25?/m1/s1. The maximum atomic E-state index is 12.5. The van der Waals surface area contributed by atoms with E-state index >= 15 is 0 Å². The summed E-state index contributed by atoms with van der Waals surface area (Å²) in [5.41, 5.74) is 4.79. The van der Waals surface area contributed by atoms with Gasteiger partial charge in [-0.15, -0.1) is 0 Å². The summed E-state index contributed by atoms with van der Waals surface area (Å²) in [6.45, 7) is 2.61. The Balaban J connectivity index is 1.21. The van der Waals surface area contributed by atoms with Crippen molar-refractivity contribution in [1.82, 2.24) is 5.32 Å². The first-order chi connectivity index (χ1) is 15.3. The second-order valence-corrected chi connectivity index (χ2v) is 11.2. The molecule has 2 aliphatic carbocycles. The molecule has 1 saturated heterocycles. The molecule has 3 atom stereocenters. The molecule has 0 radical (unpaired) electrons. The van der Waals surface area contributed by atoms with Crippen LogP contribution < -0.4 is 5.32 Å². The lowest BCUT2D eigenvalue weighted by molar-refractivity contribution is 0.172. The summed E-state index contributed by atoms with van der Waals surface area (Å²) in [7, 11) is -3.73. The first-order valence-corrected chi connectivity index (χ1v) is 12.8. The number of cyclic esters (lactones) is 1. The molecular formula is C25H29NO5S. The summed E-state index contributed by atoms with van der Waals surface area (Å²) in [5.74, 6) is 0.622. The maximum Gasteiger partial charge on any atom is 0.407 e. The molecule has 3 aliphatic rings. The molecule has 0 aromatic heterocycles. The average Bonchev–Trinajstić information content (AvgIpc) is 3.37. The highest BCUT2D eigenvalue weighted by molar-refractivity contribution is 7.86. The molecule has 5 rings (SSSR count). The van der Waals surface area contributed by atoms with Crippen LogP contribution in [0.4, 0.5) is 4.79 Å². The Labute approximate surface area is 189 Å². The Morgan fingerprint density at radius 3 is 2.69 bits per heavy atom. The Hall–Kier alpha value is -2.38. The smallest absolute Gasteiger partial charge is 0.407 e. The van der Waals surface area contributed by atoms with E-state index in [2.05, 4.69) is 23.5 Å². The lowest BCUT2D eigenvalue weighted by Crippen LogP contribution is -2.40. The van der Waals surface area contributed by atoms with Crippen LogP contribution in [0.5, 0.6) is 0 Å². The van der Waals surface area contributed by atoms with Gasteiger partial charge in [0.2, 0.25) is 0 Å². The third-order valence-electron chi connectivity index (χ3n) is 7.26. The quantitative estimate of drug-likeness (QED) is 0.682. The van der Waals surface area contributed by atoms with Crippen molar-refractivity contribution in [1.29, 1.82) is 0 Å². The van der Waals surface area contributed by atoms with Crippen molar-refractivity contribution in [2.75, 3.05) is 13.2 Å². The van der Waals surface area contributed by atoms with Gasteiger partial charge < -0.3 is 10.1 Å². The molecule has 2 aromatic rings. The van der Waals surface area contributed by atoms with Crippen LogP contribution in [0.2, 0.25) is 0 Å². The minimum atomic E-state index is -3.73. The van der Waals surface area contributed by atoms with Crippen molar-refractivity contribution < 1.29 is 22.1 Å². The molecule has 1 spiro atoms. The van der Waals surface area contributed by atoms with E-state index in [9.17, 15) is 13.2 Å². The second-order valence-electron chi connectivity index (χ2n) is 9.61. The number of ether oxygens (including phenoxy) is 1. The first-order valence-electron chi connectivity index (χ1n) is 11.3. The van der Waals surface area contributed by atoms with E-state index in [-0.39, 0.29) is 29.1 Å². The SMILES string of the molecule is Cc1ccc(S(=O)(=O)OC[C@@H]2CCc3cc([C@H]4CCC5(COC(=O)N5)C4)ccc3C2)cc1. The van der Waals surface area contributed by atoms with E-state index in [0.29, 0.717) is 12.5 Å². The number of nitrogens with one attached hydrogen (secondary N) is 1. The van der Waals surface area contributed by atoms with Crippen LogP contribution in [0.15, 0.2) is 47.4 Å². The van der Waals surface area contributed by atoms with E-state index in [1.807, 2.05) is 6.92 Å². The highest BCUT2D eigenvalue weighted by Crippen LogP contribution is 2.43. The van der Waals surface area contributed by atoms with E-state index in [4.69, 9.17) is 8.92 Å². The number of alkyl carbamates (subject to hydrolysis) is 1. The Bertz CT molecular complexity index is 1130. The van der Waals surface area contributed by atoms with Gasteiger partial charge in [-0.2, -0.15) is 8.42 Å².